The van der Waals surface area contributed by atoms with E-state index < -0.39 is 0 Å². The molecular weight excluding hydrogens is 230 g/mol. The van der Waals surface area contributed by atoms with Crippen molar-refractivity contribution in [2.24, 2.45) is 0 Å². The van der Waals surface area contributed by atoms with Crippen molar-refractivity contribution in [3.8, 4) is 0 Å². The van der Waals surface area contributed by atoms with E-state index in [0.29, 0.717) is 5.92 Å². The van der Waals surface area contributed by atoms with Crippen LogP contribution in [-0.4, -0.2) is 6.54 Å². The van der Waals surface area contributed by atoms with Gasteiger partial charge in [0, 0.05) is 23.2 Å². The number of para-hydroxylation sites is 1. The Labute approximate surface area is 106 Å². The van der Waals surface area contributed by atoms with E-state index in [-0.39, 0.29) is 0 Å². The predicted molar refractivity (Wildman–Crippen MR) is 72.8 cm³/mol. The van der Waals surface area contributed by atoms with E-state index in [4.69, 9.17) is 11.6 Å². The molecule has 0 saturated heterocycles. The molecule has 2 heteroatoms. The van der Waals surface area contributed by atoms with Gasteiger partial charge in [0.2, 0.25) is 0 Å². The lowest BCUT2D eigenvalue weighted by molar-refractivity contribution is 0.752. The molecule has 0 aromatic heterocycles. The van der Waals surface area contributed by atoms with Crippen LogP contribution in [-0.2, 0) is 6.42 Å². The molecular formula is C15H14ClN. The number of hydrogen-bond donors (Lipinski definition) is 1. The number of benzene rings is 2. The number of anilines is 1. The Morgan fingerprint density at radius 3 is 2.88 bits per heavy atom. The van der Waals surface area contributed by atoms with E-state index in [9.17, 15) is 0 Å². The Balaban J connectivity index is 1.84. The molecule has 1 aliphatic heterocycles. The molecule has 0 fully saturated rings. The normalized spacial score (nSPS) is 17.6. The van der Waals surface area contributed by atoms with Gasteiger partial charge in [0.25, 0.3) is 0 Å². The molecule has 1 heterocycles. The topological polar surface area (TPSA) is 12.0 Å². The van der Waals surface area contributed by atoms with Crippen LogP contribution < -0.4 is 5.32 Å². The molecule has 86 valence electrons. The molecule has 0 aliphatic carbocycles. The van der Waals surface area contributed by atoms with Gasteiger partial charge in [-0.3, -0.25) is 0 Å². The molecule has 1 nitrogen and oxygen atoms in total. The largest absolute Gasteiger partial charge is 0.384 e. The Hall–Kier alpha value is -1.47. The lowest BCUT2D eigenvalue weighted by Crippen LogP contribution is -2.05. The molecule has 1 aliphatic rings. The zero-order valence-electron chi connectivity index (χ0n) is 9.49. The molecule has 2 aromatic rings. The van der Waals surface area contributed by atoms with Crippen molar-refractivity contribution in [1.82, 2.24) is 0 Å². The molecule has 0 spiro atoms. The lowest BCUT2D eigenvalue weighted by atomic mass is 9.94. The Bertz CT molecular complexity index is 536. The van der Waals surface area contributed by atoms with Gasteiger partial charge in [-0.2, -0.15) is 0 Å². The minimum Gasteiger partial charge on any atom is -0.384 e. The highest BCUT2D eigenvalue weighted by molar-refractivity contribution is 6.30. The molecule has 0 bridgehead atoms. The average molecular weight is 244 g/mol. The van der Waals surface area contributed by atoms with Crippen LogP contribution in [0.4, 0.5) is 5.69 Å². The van der Waals surface area contributed by atoms with Crippen molar-refractivity contribution in [3.63, 3.8) is 0 Å². The zero-order valence-corrected chi connectivity index (χ0v) is 10.2. The van der Waals surface area contributed by atoms with Crippen molar-refractivity contribution in [2.45, 2.75) is 12.3 Å². The van der Waals surface area contributed by atoms with Crippen LogP contribution in [0, 0.1) is 0 Å². The minimum absolute atomic E-state index is 0.560. The van der Waals surface area contributed by atoms with Gasteiger partial charge in [-0.15, -0.1) is 0 Å². The van der Waals surface area contributed by atoms with Crippen LogP contribution in [0.2, 0.25) is 5.02 Å². The first-order chi connectivity index (χ1) is 8.33. The van der Waals surface area contributed by atoms with Crippen LogP contribution in [0.1, 0.15) is 17.0 Å². The van der Waals surface area contributed by atoms with E-state index in [1.54, 1.807) is 0 Å². The van der Waals surface area contributed by atoms with E-state index in [0.717, 1.165) is 18.0 Å². The van der Waals surface area contributed by atoms with E-state index >= 15 is 0 Å². The molecule has 1 atom stereocenters. The van der Waals surface area contributed by atoms with Gasteiger partial charge < -0.3 is 5.32 Å². The maximum Gasteiger partial charge on any atom is 0.0408 e. The summed E-state index contributed by atoms with van der Waals surface area (Å²) >= 11 is 6.01. The molecule has 2 aromatic carbocycles. The molecule has 0 amide bonds. The smallest absolute Gasteiger partial charge is 0.0408 e. The summed E-state index contributed by atoms with van der Waals surface area (Å²) in [5.74, 6) is 0.560. The third kappa shape index (κ3) is 2.16. The molecule has 3 rings (SSSR count). The predicted octanol–water partition coefficient (Wildman–Crippen LogP) is 4.09. The van der Waals surface area contributed by atoms with Gasteiger partial charge >= 0.3 is 0 Å². The Morgan fingerprint density at radius 1 is 1.12 bits per heavy atom. The van der Waals surface area contributed by atoms with Crippen molar-refractivity contribution in [1.29, 1.82) is 0 Å². The summed E-state index contributed by atoms with van der Waals surface area (Å²) in [6.07, 6.45) is 1.05. The zero-order chi connectivity index (χ0) is 11.7. The van der Waals surface area contributed by atoms with Gasteiger partial charge in [0.1, 0.15) is 0 Å². The highest BCUT2D eigenvalue weighted by atomic mass is 35.5. The van der Waals surface area contributed by atoms with E-state index in [1.807, 2.05) is 12.1 Å². The number of hydrogen-bond acceptors (Lipinski definition) is 1. The number of halogens is 1. The van der Waals surface area contributed by atoms with Crippen LogP contribution in [0.15, 0.2) is 48.5 Å². The summed E-state index contributed by atoms with van der Waals surface area (Å²) in [5, 5.41) is 4.27. The average Bonchev–Trinajstić information content (AvgIpc) is 2.73. The van der Waals surface area contributed by atoms with Gasteiger partial charge in [0.05, 0.1) is 0 Å². The minimum atomic E-state index is 0.560. The van der Waals surface area contributed by atoms with Crippen LogP contribution in [0.5, 0.6) is 0 Å². The fourth-order valence-corrected chi connectivity index (χ4v) is 2.70. The molecule has 0 radical (unpaired) electrons. The summed E-state index contributed by atoms with van der Waals surface area (Å²) in [4.78, 5) is 0. The number of nitrogens with one attached hydrogen (secondary N) is 1. The van der Waals surface area contributed by atoms with Crippen molar-refractivity contribution >= 4 is 17.3 Å². The second-order valence-electron chi connectivity index (χ2n) is 4.50. The monoisotopic (exact) mass is 243 g/mol. The first-order valence-corrected chi connectivity index (χ1v) is 6.28. The standard InChI is InChI=1S/C15H14ClN/c16-13-5-3-4-11(9-13)8-12-10-17-15-7-2-1-6-14(12)15/h1-7,9,12,17H,8,10H2. The first kappa shape index (κ1) is 10.7. The lowest BCUT2D eigenvalue weighted by Gasteiger charge is -2.10. The molecule has 1 N–H and O–H groups in total. The summed E-state index contributed by atoms with van der Waals surface area (Å²) < 4.78 is 0. The van der Waals surface area contributed by atoms with Gasteiger partial charge in [-0.25, -0.2) is 0 Å². The van der Waals surface area contributed by atoms with Crippen LogP contribution >= 0.6 is 11.6 Å². The van der Waals surface area contributed by atoms with Gasteiger partial charge in [0.15, 0.2) is 0 Å². The van der Waals surface area contributed by atoms with Gasteiger partial charge in [-0.1, -0.05) is 41.9 Å². The fraction of sp³-hybridized carbons (Fsp3) is 0.200. The number of fused-ring (bicyclic) bond motifs is 1. The first-order valence-electron chi connectivity index (χ1n) is 5.90. The highest BCUT2D eigenvalue weighted by Crippen LogP contribution is 2.33. The summed E-state index contributed by atoms with van der Waals surface area (Å²) in [6.45, 7) is 1.02. The molecule has 17 heavy (non-hydrogen) atoms. The second kappa shape index (κ2) is 4.42. The van der Waals surface area contributed by atoms with Crippen molar-refractivity contribution < 1.29 is 0 Å². The van der Waals surface area contributed by atoms with Crippen molar-refractivity contribution in [2.75, 3.05) is 11.9 Å². The fourth-order valence-electron chi connectivity index (χ4n) is 2.49. The quantitative estimate of drug-likeness (QED) is 0.838. The SMILES string of the molecule is Clc1cccc(CC2CNc3ccccc32)c1. The summed E-state index contributed by atoms with van der Waals surface area (Å²) in [5.41, 5.74) is 4.01. The summed E-state index contributed by atoms with van der Waals surface area (Å²) in [6, 6.07) is 16.7. The van der Waals surface area contributed by atoms with Gasteiger partial charge in [-0.05, 0) is 35.7 Å². The van der Waals surface area contributed by atoms with E-state index in [2.05, 4.69) is 41.7 Å². The Morgan fingerprint density at radius 2 is 2.00 bits per heavy atom. The highest BCUT2D eigenvalue weighted by Gasteiger charge is 2.21. The van der Waals surface area contributed by atoms with Crippen LogP contribution in [0.25, 0.3) is 0 Å². The van der Waals surface area contributed by atoms with E-state index in [1.165, 1.54) is 16.8 Å². The molecule has 1 unspecified atom stereocenters. The number of rotatable bonds is 2. The molecule has 0 saturated carbocycles. The summed E-state index contributed by atoms with van der Waals surface area (Å²) in [7, 11) is 0. The Kier molecular flexibility index (Phi) is 2.77. The van der Waals surface area contributed by atoms with Crippen LogP contribution in [0.3, 0.4) is 0 Å². The second-order valence-corrected chi connectivity index (χ2v) is 4.94. The third-order valence-corrected chi connectivity index (χ3v) is 3.55. The third-order valence-electron chi connectivity index (χ3n) is 3.31. The maximum absolute atomic E-state index is 6.01. The maximum atomic E-state index is 6.01. The van der Waals surface area contributed by atoms with Crippen molar-refractivity contribution in [3.05, 3.63) is 64.7 Å².